The van der Waals surface area contributed by atoms with Gasteiger partial charge in [-0.1, -0.05) is 32.9 Å². The first-order valence-electron chi connectivity index (χ1n) is 12.1. The van der Waals surface area contributed by atoms with E-state index in [1.54, 1.807) is 6.08 Å². The van der Waals surface area contributed by atoms with Gasteiger partial charge < -0.3 is 15.3 Å². The van der Waals surface area contributed by atoms with Crippen molar-refractivity contribution in [2.24, 2.45) is 11.3 Å². The Balaban J connectivity index is 1.49. The zero-order chi connectivity index (χ0) is 24.7. The quantitative estimate of drug-likeness (QED) is 0.578. The molecule has 34 heavy (non-hydrogen) atoms. The summed E-state index contributed by atoms with van der Waals surface area (Å²) in [5.41, 5.74) is 5.20. The fraction of sp³-hybridized carbons (Fsp3) is 0.600. The Morgan fingerprint density at radius 1 is 1.06 bits per heavy atom. The number of amides is 3. The summed E-state index contributed by atoms with van der Waals surface area (Å²) in [5.74, 6) is -0.259. The van der Waals surface area contributed by atoms with Gasteiger partial charge in [0.15, 0.2) is 0 Å². The number of carboxylic acid groups (broad SMARTS) is 1. The molecule has 4 rings (SSSR count). The second-order valence-corrected chi connectivity index (χ2v) is 12.3. The van der Waals surface area contributed by atoms with Gasteiger partial charge in [-0.05, 0) is 85.0 Å². The summed E-state index contributed by atoms with van der Waals surface area (Å²) in [6, 6.07) is 1.14. The molecule has 0 saturated carbocycles. The van der Waals surface area contributed by atoms with Gasteiger partial charge in [0.1, 0.15) is 0 Å². The standard InChI is InChI=1S/C25H35N3O5S/c1-25(2,3)22-16(9-6-13-28(22)24(30)31)12-14-34(32,33)27-23(29)26-21-19-10-4-7-17(19)15-18-8-5-11-20(18)21/h12,14-16,22H,4-11,13H2,1-3H3,(H,30,31)(H2,26,27,29)/b14-12+. The normalized spacial score (nSPS) is 22.5. The number of hydrogen-bond acceptors (Lipinski definition) is 4. The lowest BCUT2D eigenvalue weighted by molar-refractivity contribution is 0.0373. The predicted molar refractivity (Wildman–Crippen MR) is 131 cm³/mol. The number of likely N-dealkylation sites (tertiary alicyclic amines) is 1. The molecule has 1 aromatic rings. The van der Waals surface area contributed by atoms with Crippen LogP contribution in [-0.2, 0) is 35.7 Å². The molecule has 0 bridgehead atoms. The molecule has 3 aliphatic rings. The van der Waals surface area contributed by atoms with E-state index < -0.39 is 22.1 Å². The Labute approximate surface area is 201 Å². The zero-order valence-electron chi connectivity index (χ0n) is 20.2. The molecule has 2 unspecified atom stereocenters. The Bertz CT molecular complexity index is 1090. The Morgan fingerprint density at radius 2 is 1.68 bits per heavy atom. The van der Waals surface area contributed by atoms with Gasteiger partial charge in [-0.2, -0.15) is 0 Å². The molecule has 1 aromatic carbocycles. The first-order chi connectivity index (χ1) is 16.0. The van der Waals surface area contributed by atoms with Crippen LogP contribution in [0.15, 0.2) is 17.6 Å². The van der Waals surface area contributed by atoms with Gasteiger partial charge in [0, 0.05) is 23.7 Å². The Hall–Kier alpha value is -2.55. The van der Waals surface area contributed by atoms with Crippen LogP contribution in [-0.4, -0.2) is 43.1 Å². The van der Waals surface area contributed by atoms with Crippen molar-refractivity contribution in [2.75, 3.05) is 11.9 Å². The molecule has 3 amide bonds. The molecule has 0 aromatic heterocycles. The molecule has 2 aliphatic carbocycles. The van der Waals surface area contributed by atoms with Gasteiger partial charge in [-0.15, -0.1) is 0 Å². The van der Waals surface area contributed by atoms with Gasteiger partial charge in [0.05, 0.1) is 0 Å². The minimum absolute atomic E-state index is 0.259. The van der Waals surface area contributed by atoms with Crippen molar-refractivity contribution < 1.29 is 23.1 Å². The largest absolute Gasteiger partial charge is 0.465 e. The van der Waals surface area contributed by atoms with Crippen LogP contribution in [0.25, 0.3) is 0 Å². The van der Waals surface area contributed by atoms with Crippen LogP contribution in [0, 0.1) is 11.3 Å². The van der Waals surface area contributed by atoms with Crippen molar-refractivity contribution in [3.05, 3.63) is 39.8 Å². The fourth-order valence-electron chi connectivity index (χ4n) is 6.03. The van der Waals surface area contributed by atoms with E-state index in [9.17, 15) is 23.1 Å². The molecule has 1 fully saturated rings. The number of sulfonamides is 1. The molecule has 8 nitrogen and oxygen atoms in total. The summed E-state index contributed by atoms with van der Waals surface area (Å²) >= 11 is 0. The molecule has 1 heterocycles. The second kappa shape index (κ2) is 9.24. The van der Waals surface area contributed by atoms with Crippen molar-refractivity contribution in [3.8, 4) is 0 Å². The van der Waals surface area contributed by atoms with Crippen molar-refractivity contribution in [1.29, 1.82) is 0 Å². The molecule has 1 saturated heterocycles. The highest BCUT2D eigenvalue weighted by Crippen LogP contribution is 2.39. The van der Waals surface area contributed by atoms with E-state index in [2.05, 4.69) is 16.1 Å². The third kappa shape index (κ3) is 5.09. The molecule has 2 atom stereocenters. The van der Waals surface area contributed by atoms with Crippen LogP contribution in [0.2, 0.25) is 0 Å². The van der Waals surface area contributed by atoms with Crippen LogP contribution in [0.4, 0.5) is 15.3 Å². The summed E-state index contributed by atoms with van der Waals surface area (Å²) in [6.45, 7) is 6.30. The third-order valence-corrected chi connectivity index (χ3v) is 8.25. The predicted octanol–water partition coefficient (Wildman–Crippen LogP) is 4.43. The second-order valence-electron chi connectivity index (χ2n) is 10.8. The maximum atomic E-state index is 12.7. The number of carbonyl (C=O) groups excluding carboxylic acids is 1. The highest BCUT2D eigenvalue weighted by atomic mass is 32.2. The zero-order valence-corrected chi connectivity index (χ0v) is 21.0. The van der Waals surface area contributed by atoms with Crippen LogP contribution in [0.1, 0.15) is 68.7 Å². The van der Waals surface area contributed by atoms with E-state index in [1.165, 1.54) is 16.0 Å². The summed E-state index contributed by atoms with van der Waals surface area (Å²) in [4.78, 5) is 25.9. The SMILES string of the molecule is CC(C)(C)C1C(/C=C/S(=O)(=O)NC(=O)Nc2c3c(cc4c2CCC4)CCC3)CCCN1C(=O)O. The fourth-order valence-corrected chi connectivity index (χ4v) is 6.81. The van der Waals surface area contributed by atoms with E-state index in [-0.39, 0.29) is 17.4 Å². The van der Waals surface area contributed by atoms with E-state index in [0.717, 1.165) is 60.7 Å². The number of fused-ring (bicyclic) bond motifs is 2. The number of urea groups is 1. The van der Waals surface area contributed by atoms with Crippen molar-refractivity contribution >= 4 is 27.8 Å². The number of hydrogen-bond donors (Lipinski definition) is 3. The van der Waals surface area contributed by atoms with Crippen LogP contribution in [0.3, 0.4) is 0 Å². The summed E-state index contributed by atoms with van der Waals surface area (Å²) in [7, 11) is -4.04. The number of benzene rings is 1. The highest BCUT2D eigenvalue weighted by Gasteiger charge is 2.40. The van der Waals surface area contributed by atoms with Crippen molar-refractivity contribution in [2.45, 2.75) is 78.2 Å². The number of aryl methyl sites for hydroxylation is 2. The molecule has 3 N–H and O–H groups in total. The van der Waals surface area contributed by atoms with Crippen LogP contribution >= 0.6 is 0 Å². The number of piperidine rings is 1. The van der Waals surface area contributed by atoms with E-state index >= 15 is 0 Å². The molecule has 0 spiro atoms. The summed E-state index contributed by atoms with van der Waals surface area (Å²) in [5, 5.41) is 13.5. The van der Waals surface area contributed by atoms with Gasteiger partial charge >= 0.3 is 12.1 Å². The van der Waals surface area contributed by atoms with Crippen LogP contribution < -0.4 is 10.0 Å². The minimum Gasteiger partial charge on any atom is -0.465 e. The Kier molecular flexibility index (Phi) is 6.68. The maximum absolute atomic E-state index is 12.7. The first kappa shape index (κ1) is 24.6. The lowest BCUT2D eigenvalue weighted by Crippen LogP contribution is -2.53. The van der Waals surface area contributed by atoms with Crippen molar-refractivity contribution in [1.82, 2.24) is 9.62 Å². The minimum atomic E-state index is -4.04. The summed E-state index contributed by atoms with van der Waals surface area (Å²) < 4.78 is 27.6. The summed E-state index contributed by atoms with van der Waals surface area (Å²) in [6.07, 6.45) is 7.73. The Morgan fingerprint density at radius 3 is 2.24 bits per heavy atom. The smallest absolute Gasteiger partial charge is 0.407 e. The molecule has 1 aliphatic heterocycles. The molecule has 9 heteroatoms. The van der Waals surface area contributed by atoms with Gasteiger partial charge in [-0.3, -0.25) is 0 Å². The first-order valence-corrected chi connectivity index (χ1v) is 13.7. The maximum Gasteiger partial charge on any atom is 0.407 e. The van der Waals surface area contributed by atoms with E-state index in [1.807, 2.05) is 20.8 Å². The molecular formula is C25H35N3O5S. The monoisotopic (exact) mass is 489 g/mol. The van der Waals surface area contributed by atoms with Crippen LogP contribution in [0.5, 0.6) is 0 Å². The highest BCUT2D eigenvalue weighted by molar-refractivity contribution is 7.92. The molecule has 186 valence electrons. The van der Waals surface area contributed by atoms with Gasteiger partial charge in [-0.25, -0.2) is 22.7 Å². The number of rotatable bonds is 4. The lowest BCUT2D eigenvalue weighted by atomic mass is 9.74. The third-order valence-electron chi connectivity index (χ3n) is 7.26. The van der Waals surface area contributed by atoms with E-state index in [0.29, 0.717) is 19.4 Å². The number of anilines is 1. The van der Waals surface area contributed by atoms with Gasteiger partial charge in [0.2, 0.25) is 0 Å². The molecule has 0 radical (unpaired) electrons. The van der Waals surface area contributed by atoms with Crippen molar-refractivity contribution in [3.63, 3.8) is 0 Å². The lowest BCUT2D eigenvalue weighted by Gasteiger charge is -2.46. The molecular weight excluding hydrogens is 454 g/mol. The van der Waals surface area contributed by atoms with E-state index in [4.69, 9.17) is 0 Å². The average molecular weight is 490 g/mol. The average Bonchev–Trinajstić information content (AvgIpc) is 3.40. The van der Waals surface area contributed by atoms with Gasteiger partial charge in [0.25, 0.3) is 10.0 Å². The number of nitrogens with one attached hydrogen (secondary N) is 2. The number of carbonyl (C=O) groups is 2. The topological polar surface area (TPSA) is 116 Å². The number of nitrogens with zero attached hydrogens (tertiary/aromatic N) is 1.